The van der Waals surface area contributed by atoms with Crippen LogP contribution in [0.1, 0.15) is 101 Å². The van der Waals surface area contributed by atoms with Crippen molar-refractivity contribution in [3.63, 3.8) is 0 Å². The van der Waals surface area contributed by atoms with Gasteiger partial charge in [-0.2, -0.15) is 0 Å². The fraction of sp³-hybridized carbons (Fsp3) is 0.833. The molecule has 4 atom stereocenters. The zero-order chi connectivity index (χ0) is 35.1. The fourth-order valence-corrected chi connectivity index (χ4v) is 7.04. The molecule has 0 bridgehead atoms. The van der Waals surface area contributed by atoms with Gasteiger partial charge in [-0.15, -0.1) is 0 Å². The number of hydrogen-bond acceptors (Lipinski definition) is 6. The maximum absolute atomic E-state index is 14.2. The van der Waals surface area contributed by atoms with Gasteiger partial charge in [0.2, 0.25) is 23.6 Å². The van der Waals surface area contributed by atoms with Gasteiger partial charge in [0.1, 0.15) is 12.1 Å². The lowest BCUT2D eigenvalue weighted by Gasteiger charge is -2.41. The quantitative estimate of drug-likeness (QED) is 0.294. The van der Waals surface area contributed by atoms with Crippen LogP contribution < -0.4 is 10.6 Å². The molecule has 10 nitrogen and oxygen atoms in total. The average molecular weight is 647 g/mol. The van der Waals surface area contributed by atoms with Gasteiger partial charge in [-0.3, -0.25) is 24.1 Å². The SMILES string of the molecule is CC(=C[C@H](C(C)C)N(C)C(=O)[C@@H](NC(=O)[C@H]1CCCCN1C(C)C)C(C)(C)C)C(=O)N1CCC[C@H]1C(=O)NCC(C)(C)CN(C)C. The van der Waals surface area contributed by atoms with Gasteiger partial charge in [0.25, 0.3) is 0 Å². The van der Waals surface area contributed by atoms with E-state index in [4.69, 9.17) is 0 Å². The number of likely N-dealkylation sites (N-methyl/N-ethyl adjacent to an activating group) is 1. The first-order valence-corrected chi connectivity index (χ1v) is 17.4. The molecule has 46 heavy (non-hydrogen) atoms. The van der Waals surface area contributed by atoms with Gasteiger partial charge >= 0.3 is 0 Å². The first-order valence-electron chi connectivity index (χ1n) is 17.4. The Morgan fingerprint density at radius 3 is 2.02 bits per heavy atom. The standard InChI is InChI=1S/C36H66N6O4/c1-24(2)29(21-26(5)33(45)42-20-16-18-27(42)31(43)37-22-36(9,10)23-39(11)12)40(13)34(46)30(35(6,7)8)38-32(44)28-17-14-15-19-41(28)25(3)4/h21,24-25,27-30H,14-20,22-23H2,1-13H3,(H,37,43)(H,38,44)/t27-,28+,29+,30+/m0/s1. The van der Waals surface area contributed by atoms with E-state index in [9.17, 15) is 19.2 Å². The van der Waals surface area contributed by atoms with Gasteiger partial charge in [-0.25, -0.2) is 0 Å². The van der Waals surface area contributed by atoms with Gasteiger partial charge in [-0.1, -0.05) is 61.0 Å². The summed E-state index contributed by atoms with van der Waals surface area (Å²) >= 11 is 0. The number of rotatable bonds is 13. The molecule has 2 aliphatic rings. The van der Waals surface area contributed by atoms with Crippen molar-refractivity contribution in [3.8, 4) is 0 Å². The number of amides is 4. The van der Waals surface area contributed by atoms with E-state index in [0.29, 0.717) is 25.1 Å². The van der Waals surface area contributed by atoms with Crippen LogP contribution in [0.25, 0.3) is 0 Å². The van der Waals surface area contributed by atoms with Crippen LogP contribution in [0.3, 0.4) is 0 Å². The van der Waals surface area contributed by atoms with E-state index in [-0.39, 0.29) is 53.1 Å². The highest BCUT2D eigenvalue weighted by molar-refractivity contribution is 5.97. The predicted molar refractivity (Wildman–Crippen MR) is 186 cm³/mol. The lowest BCUT2D eigenvalue weighted by Crippen LogP contribution is -2.60. The van der Waals surface area contributed by atoms with Crippen molar-refractivity contribution in [2.75, 3.05) is 47.3 Å². The number of carbonyl (C=O) groups excluding carboxylic acids is 4. The molecule has 0 aromatic carbocycles. The van der Waals surface area contributed by atoms with Crippen LogP contribution in [0.4, 0.5) is 0 Å². The molecule has 0 unspecified atom stereocenters. The molecule has 0 aromatic rings. The van der Waals surface area contributed by atoms with E-state index < -0.39 is 17.5 Å². The monoisotopic (exact) mass is 647 g/mol. The third kappa shape index (κ3) is 10.8. The summed E-state index contributed by atoms with van der Waals surface area (Å²) in [6.45, 7) is 23.0. The van der Waals surface area contributed by atoms with Gasteiger partial charge in [0.05, 0.1) is 12.1 Å². The molecule has 10 heteroatoms. The van der Waals surface area contributed by atoms with E-state index in [1.807, 2.05) is 54.8 Å². The van der Waals surface area contributed by atoms with Crippen molar-refractivity contribution in [1.29, 1.82) is 0 Å². The molecule has 2 fully saturated rings. The lowest BCUT2D eigenvalue weighted by atomic mass is 9.84. The maximum Gasteiger partial charge on any atom is 0.249 e. The molecular weight excluding hydrogens is 580 g/mol. The Hall–Kier alpha value is -2.46. The van der Waals surface area contributed by atoms with Crippen LogP contribution in [0, 0.1) is 16.7 Å². The minimum atomic E-state index is -0.727. The maximum atomic E-state index is 14.2. The van der Waals surface area contributed by atoms with Crippen molar-refractivity contribution in [2.24, 2.45) is 16.7 Å². The average Bonchev–Trinajstić information content (AvgIpc) is 3.44. The minimum absolute atomic E-state index is 0.0133. The van der Waals surface area contributed by atoms with Crippen LogP contribution in [0.15, 0.2) is 11.6 Å². The second kappa shape index (κ2) is 16.6. The predicted octanol–water partition coefficient (Wildman–Crippen LogP) is 3.90. The van der Waals surface area contributed by atoms with Crippen molar-refractivity contribution in [1.82, 2.24) is 30.2 Å². The zero-order valence-corrected chi connectivity index (χ0v) is 31.3. The van der Waals surface area contributed by atoms with Crippen molar-refractivity contribution in [3.05, 3.63) is 11.6 Å². The van der Waals surface area contributed by atoms with Crippen LogP contribution >= 0.6 is 0 Å². The number of nitrogens with one attached hydrogen (secondary N) is 2. The van der Waals surface area contributed by atoms with Gasteiger partial charge in [0, 0.05) is 38.3 Å². The van der Waals surface area contributed by atoms with E-state index in [1.54, 1.807) is 23.8 Å². The van der Waals surface area contributed by atoms with Gasteiger partial charge in [0.15, 0.2) is 0 Å². The summed E-state index contributed by atoms with van der Waals surface area (Å²) in [4.78, 5) is 62.5. The highest BCUT2D eigenvalue weighted by Gasteiger charge is 2.40. The smallest absolute Gasteiger partial charge is 0.249 e. The van der Waals surface area contributed by atoms with E-state index in [1.165, 1.54) is 0 Å². The van der Waals surface area contributed by atoms with Crippen molar-refractivity contribution >= 4 is 23.6 Å². The Kier molecular flexibility index (Phi) is 14.3. The van der Waals surface area contributed by atoms with Crippen molar-refractivity contribution in [2.45, 2.75) is 132 Å². The van der Waals surface area contributed by atoms with Crippen LogP contribution in [0.2, 0.25) is 0 Å². The number of carbonyl (C=O) groups is 4. The number of likely N-dealkylation sites (tertiary alicyclic amines) is 2. The molecule has 0 aromatic heterocycles. The zero-order valence-electron chi connectivity index (χ0n) is 31.3. The Balaban J connectivity index is 2.22. The topological polar surface area (TPSA) is 105 Å². The fourth-order valence-electron chi connectivity index (χ4n) is 7.04. The normalized spacial score (nSPS) is 21.5. The summed E-state index contributed by atoms with van der Waals surface area (Å²) < 4.78 is 0. The lowest BCUT2D eigenvalue weighted by molar-refractivity contribution is -0.142. The molecule has 0 spiro atoms. The molecule has 264 valence electrons. The number of piperidine rings is 1. The first-order chi connectivity index (χ1) is 21.2. The van der Waals surface area contributed by atoms with Crippen LogP contribution in [-0.2, 0) is 19.2 Å². The Labute approximate surface area is 280 Å². The summed E-state index contributed by atoms with van der Waals surface area (Å²) in [5.41, 5.74) is -0.110. The van der Waals surface area contributed by atoms with Crippen molar-refractivity contribution < 1.29 is 19.2 Å². The Morgan fingerprint density at radius 2 is 1.48 bits per heavy atom. The molecule has 0 aliphatic carbocycles. The molecule has 4 amide bonds. The summed E-state index contributed by atoms with van der Waals surface area (Å²) in [5.74, 6) is -0.554. The Bertz CT molecular complexity index is 1090. The van der Waals surface area contributed by atoms with Gasteiger partial charge < -0.3 is 25.3 Å². The highest BCUT2D eigenvalue weighted by atomic mass is 16.2. The third-order valence-electron chi connectivity index (χ3n) is 9.45. The first kappa shape index (κ1) is 39.7. The summed E-state index contributed by atoms with van der Waals surface area (Å²) in [6.07, 6.45) is 6.12. The second-order valence-electron chi connectivity index (χ2n) is 16.5. The second-order valence-corrected chi connectivity index (χ2v) is 16.5. The summed E-state index contributed by atoms with van der Waals surface area (Å²) in [5, 5.41) is 6.23. The molecule has 0 radical (unpaired) electrons. The van der Waals surface area contributed by atoms with E-state index in [2.05, 4.69) is 48.1 Å². The summed E-state index contributed by atoms with van der Waals surface area (Å²) in [7, 11) is 5.79. The van der Waals surface area contributed by atoms with Crippen LogP contribution in [0.5, 0.6) is 0 Å². The molecule has 2 N–H and O–H groups in total. The molecule has 2 heterocycles. The molecule has 2 rings (SSSR count). The molecular formula is C36H66N6O4. The number of hydrogen-bond donors (Lipinski definition) is 2. The minimum Gasteiger partial charge on any atom is -0.354 e. The molecule has 2 aliphatic heterocycles. The van der Waals surface area contributed by atoms with E-state index >= 15 is 0 Å². The number of nitrogens with zero attached hydrogens (tertiary/aromatic N) is 4. The van der Waals surface area contributed by atoms with E-state index in [0.717, 1.165) is 38.8 Å². The van der Waals surface area contributed by atoms with Gasteiger partial charge in [-0.05, 0) is 83.8 Å². The largest absolute Gasteiger partial charge is 0.354 e. The summed E-state index contributed by atoms with van der Waals surface area (Å²) in [6, 6.07) is -1.61. The molecule has 0 saturated carbocycles. The third-order valence-corrected chi connectivity index (χ3v) is 9.45. The van der Waals surface area contributed by atoms with Crippen LogP contribution in [-0.4, -0.2) is 121 Å². The Morgan fingerprint density at radius 1 is 0.870 bits per heavy atom. The highest BCUT2D eigenvalue weighted by Crippen LogP contribution is 2.27. The molecule has 2 saturated heterocycles.